The topological polar surface area (TPSA) is 222 Å². The lowest BCUT2D eigenvalue weighted by Crippen LogP contribution is -2.40. The number of hydrogen-bond acceptors (Lipinski definition) is 12. The first-order valence-corrected chi connectivity index (χ1v) is 21.2. The number of esters is 1. The maximum atomic E-state index is 14.2. The van der Waals surface area contributed by atoms with Gasteiger partial charge in [0.2, 0.25) is 5.01 Å². The number of nitrogens with zero attached hydrogens (tertiary/aromatic N) is 6. The van der Waals surface area contributed by atoms with E-state index in [2.05, 4.69) is 15.3 Å². The van der Waals surface area contributed by atoms with Crippen LogP contribution < -0.4 is 21.1 Å². The maximum Gasteiger partial charge on any atom is 0.445 e. The van der Waals surface area contributed by atoms with Gasteiger partial charge in [0.15, 0.2) is 19.8 Å². The maximum absolute atomic E-state index is 14.2. The predicted molar refractivity (Wildman–Crippen MR) is 209 cm³/mol. The van der Waals surface area contributed by atoms with E-state index in [0.717, 1.165) is 12.1 Å². The first kappa shape index (κ1) is 52.5. The number of aryl methyl sites for hydroxylation is 1. The Balaban J connectivity index is 0.000000340. The summed E-state index contributed by atoms with van der Waals surface area (Å²) in [5, 5.41) is 15.5. The van der Waals surface area contributed by atoms with Crippen LogP contribution in [0.5, 0.6) is 5.19 Å². The summed E-state index contributed by atoms with van der Waals surface area (Å²) in [7, 11) is -3.10. The van der Waals surface area contributed by atoms with E-state index < -0.39 is 78.3 Å². The third kappa shape index (κ3) is 16.3. The number of alkyl halides is 6. The molecule has 27 heteroatoms. The monoisotopic (exact) mass is 955 g/mol. The summed E-state index contributed by atoms with van der Waals surface area (Å²) in [4.78, 5) is 56.2. The van der Waals surface area contributed by atoms with Gasteiger partial charge in [0.25, 0.3) is 11.1 Å². The van der Waals surface area contributed by atoms with Crippen molar-refractivity contribution < 1.29 is 69.2 Å². The van der Waals surface area contributed by atoms with E-state index in [1.165, 1.54) is 42.8 Å². The third-order valence-corrected chi connectivity index (χ3v) is 10.1. The molecule has 0 fully saturated rings. The van der Waals surface area contributed by atoms with Crippen LogP contribution in [0, 0.1) is 18.6 Å². The molecule has 16 nitrogen and oxygen atoms in total. The number of ether oxygens (including phenoxy) is 2. The van der Waals surface area contributed by atoms with Gasteiger partial charge < -0.3 is 30.1 Å². The van der Waals surface area contributed by atoms with Gasteiger partial charge in [-0.15, -0.1) is 21.8 Å². The van der Waals surface area contributed by atoms with Crippen LogP contribution in [0.1, 0.15) is 50.1 Å². The number of nitrogens with two attached hydrogens (primary N) is 1. The average molecular weight is 957 g/mol. The van der Waals surface area contributed by atoms with E-state index in [9.17, 15) is 54.5 Å². The number of amides is 1. The fraction of sp³-hybridized carbons (Fsp3) is 0.441. The molecule has 2 aromatic carbocycles. The number of aromatic nitrogens is 5. The molecule has 338 valence electrons. The van der Waals surface area contributed by atoms with Gasteiger partial charge in [-0.25, -0.2) is 18.1 Å². The molecule has 2 aromatic heterocycles. The van der Waals surface area contributed by atoms with E-state index in [4.69, 9.17) is 48.4 Å². The number of anilines is 1. The molecule has 0 saturated carbocycles. The molecule has 1 amide bonds. The van der Waals surface area contributed by atoms with Crippen LogP contribution in [-0.4, -0.2) is 95.9 Å². The van der Waals surface area contributed by atoms with Crippen molar-refractivity contribution in [1.82, 2.24) is 24.5 Å². The van der Waals surface area contributed by atoms with E-state index in [-0.39, 0.29) is 74.8 Å². The van der Waals surface area contributed by atoms with Gasteiger partial charge in [-0.2, -0.15) is 26.6 Å². The lowest BCUT2D eigenvalue weighted by Gasteiger charge is -2.26. The van der Waals surface area contributed by atoms with Crippen molar-refractivity contribution in [3.05, 3.63) is 79.9 Å². The Morgan fingerprint density at radius 1 is 1.10 bits per heavy atom. The highest BCUT2D eigenvalue weighted by Gasteiger charge is 2.36. The highest BCUT2D eigenvalue weighted by molar-refractivity contribution is 7.57. The van der Waals surface area contributed by atoms with Crippen LogP contribution in [0.3, 0.4) is 0 Å². The molecule has 0 saturated heterocycles. The van der Waals surface area contributed by atoms with Crippen molar-refractivity contribution in [2.45, 2.75) is 70.7 Å². The SMILES string of the molecule is CC(C)N(C(=O)COc1nnc(C(F)(F)F)s1)c1ccc(F)cc1.CCOC(=O)C(Cl)Cc1cc(-n2nc(C)n(C(F)F)c2=O)c(F)cc1Cl.CP(=O)(O)CCC(N)C(=O)O. The molecule has 4 rings (SSSR count). The third-order valence-electron chi connectivity index (χ3n) is 7.49. The fourth-order valence-corrected chi connectivity index (χ4v) is 6.45. The number of carboxylic acid groups (broad SMARTS) is 1. The molecular weight excluding hydrogens is 917 g/mol. The van der Waals surface area contributed by atoms with E-state index in [1.54, 1.807) is 20.8 Å². The number of benzene rings is 2. The van der Waals surface area contributed by atoms with Crippen molar-refractivity contribution in [3.63, 3.8) is 0 Å². The van der Waals surface area contributed by atoms with E-state index >= 15 is 0 Å². The van der Waals surface area contributed by atoms with Crippen LogP contribution in [0.2, 0.25) is 5.02 Å². The molecule has 0 aliphatic heterocycles. The van der Waals surface area contributed by atoms with Crippen molar-refractivity contribution >= 4 is 65.4 Å². The second-order valence-electron chi connectivity index (χ2n) is 12.7. The van der Waals surface area contributed by atoms with Crippen molar-refractivity contribution in [1.29, 1.82) is 0 Å². The summed E-state index contributed by atoms with van der Waals surface area (Å²) in [6.45, 7) is 3.96. The minimum Gasteiger partial charge on any atom is -0.480 e. The Morgan fingerprint density at radius 3 is 2.18 bits per heavy atom. The van der Waals surface area contributed by atoms with Gasteiger partial charge in [0.05, 0.1) is 6.61 Å². The molecule has 2 heterocycles. The first-order chi connectivity index (χ1) is 28.2. The Kier molecular flexibility index (Phi) is 19.8. The fourth-order valence-electron chi connectivity index (χ4n) is 4.68. The Hall–Kier alpha value is -4.61. The highest BCUT2D eigenvalue weighted by atomic mass is 35.5. The molecule has 61 heavy (non-hydrogen) atoms. The molecule has 3 atom stereocenters. The zero-order valence-corrected chi connectivity index (χ0v) is 35.8. The van der Waals surface area contributed by atoms with Gasteiger partial charge in [-0.1, -0.05) is 28.0 Å². The molecular formula is C34H39Cl2F7N7O9PS. The lowest BCUT2D eigenvalue weighted by atomic mass is 10.1. The summed E-state index contributed by atoms with van der Waals surface area (Å²) in [5.41, 5.74) is 4.18. The largest absolute Gasteiger partial charge is 0.480 e. The van der Waals surface area contributed by atoms with Gasteiger partial charge in [0, 0.05) is 36.0 Å². The standard InChI is InChI=1S/C15H14Cl2F3N3O3.C14H13F4N3O2S.C5H12NO4P/c1-3-26-13(24)10(17)4-8-5-12(11(18)6-9(8)16)23-15(25)22(14(19)20)7(2)21-23;1-8(2)21(10-5-3-9(15)4-6-10)11(22)7-23-13-20-19-12(24-13)14(16,17)18;1-11(9,10)3-2-4(6)5(7)8/h5-6,10,14H,3-4H2,1-2H3;3-6,8H,7H2,1-2H3;4H,2-3,6H2,1H3,(H,7,8)(H,9,10). The number of rotatable bonds is 15. The van der Waals surface area contributed by atoms with Gasteiger partial charge in [-0.3, -0.25) is 18.9 Å². The number of aliphatic carboxylic acids is 1. The molecule has 0 radical (unpaired) electrons. The van der Waals surface area contributed by atoms with Crippen LogP contribution >= 0.6 is 41.9 Å². The molecule has 0 spiro atoms. The summed E-state index contributed by atoms with van der Waals surface area (Å²) >= 11 is 12.1. The summed E-state index contributed by atoms with van der Waals surface area (Å²) in [6.07, 6.45) is -4.72. The van der Waals surface area contributed by atoms with Crippen molar-refractivity contribution in [2.24, 2.45) is 5.73 Å². The minimum atomic E-state index is -4.61. The lowest BCUT2D eigenvalue weighted by molar-refractivity contribution is -0.142. The molecule has 4 aromatic rings. The smallest absolute Gasteiger partial charge is 0.445 e. The Labute approximate surface area is 356 Å². The molecule has 0 aliphatic rings. The molecule has 0 bridgehead atoms. The molecule has 0 aliphatic carbocycles. The summed E-state index contributed by atoms with van der Waals surface area (Å²) in [6, 6.07) is 6.01. The first-order valence-electron chi connectivity index (χ1n) is 17.3. The van der Waals surface area contributed by atoms with Crippen LogP contribution in [0.4, 0.5) is 36.4 Å². The van der Waals surface area contributed by atoms with E-state index in [0.29, 0.717) is 10.4 Å². The molecule has 3 unspecified atom stereocenters. The Bertz CT molecular complexity index is 2220. The number of carbonyl (C=O) groups excluding carboxylic acids is 2. The van der Waals surface area contributed by atoms with Gasteiger partial charge >= 0.3 is 30.4 Å². The zero-order chi connectivity index (χ0) is 46.6. The Morgan fingerprint density at radius 2 is 1.70 bits per heavy atom. The summed E-state index contributed by atoms with van der Waals surface area (Å²) < 4.78 is 111. The number of hydrogen-bond donors (Lipinski definition) is 3. The highest BCUT2D eigenvalue weighted by Crippen LogP contribution is 2.36. The van der Waals surface area contributed by atoms with Gasteiger partial charge in [-0.05, 0) is 76.1 Å². The van der Waals surface area contributed by atoms with Crippen LogP contribution in [0.15, 0.2) is 41.2 Å². The zero-order valence-electron chi connectivity index (χ0n) is 32.6. The van der Waals surface area contributed by atoms with Crippen molar-refractivity contribution in [2.75, 3.05) is 30.9 Å². The normalized spacial score (nSPS) is 13.3. The average Bonchev–Trinajstić information content (AvgIpc) is 3.76. The minimum absolute atomic E-state index is 0.0412. The second-order valence-corrected chi connectivity index (χ2v) is 17.1. The van der Waals surface area contributed by atoms with Crippen LogP contribution in [0.25, 0.3) is 5.69 Å². The summed E-state index contributed by atoms with van der Waals surface area (Å²) in [5.74, 6) is -4.01. The quantitative estimate of drug-likeness (QED) is 0.0505. The molecule has 4 N–H and O–H groups in total. The van der Waals surface area contributed by atoms with Crippen molar-refractivity contribution in [3.8, 4) is 10.9 Å². The van der Waals surface area contributed by atoms with Crippen LogP contribution in [-0.2, 0) is 36.3 Å². The number of carbonyl (C=O) groups is 3. The number of halogens is 9. The van der Waals surface area contributed by atoms with Gasteiger partial charge in [0.1, 0.15) is 28.7 Å². The number of carboxylic acids is 1. The predicted octanol–water partition coefficient (Wildman–Crippen LogP) is 6.45. The van der Waals surface area contributed by atoms with E-state index in [1.807, 2.05) is 0 Å². The second kappa shape index (κ2) is 23.0.